The van der Waals surface area contributed by atoms with Crippen LogP contribution in [0.15, 0.2) is 48.5 Å². The maximum absolute atomic E-state index is 14.7. The third-order valence-electron chi connectivity index (χ3n) is 7.96. The molecule has 46 heavy (non-hydrogen) atoms. The molecule has 3 aromatic rings. The summed E-state index contributed by atoms with van der Waals surface area (Å²) in [6.07, 6.45) is -21.4. The molecule has 0 saturated carbocycles. The molecule has 0 fully saturated rings. The first-order valence-corrected chi connectivity index (χ1v) is 13.1. The third kappa shape index (κ3) is 6.34. The summed E-state index contributed by atoms with van der Waals surface area (Å²) in [7, 11) is 0. The standard InChI is InChI=1S/C30H28F12N2O2/c1-25(2,15-9-17(21(45)19(43)11-15)27(33,34)23(31)29(37,38)39)13-6-5-7-14(8-13)26(3,4)16-10-18(22(46)20(44)12-16)28(35,36)24(32)30(40,41)42/h5-12,23-24,45-46H,43-44H2,1-4H3. The monoisotopic (exact) mass is 676 g/mol. The minimum absolute atomic E-state index is 0.196. The number of benzene rings is 3. The molecule has 0 aliphatic heterocycles. The first-order valence-electron chi connectivity index (χ1n) is 13.1. The van der Waals surface area contributed by atoms with Gasteiger partial charge in [0, 0.05) is 10.8 Å². The van der Waals surface area contributed by atoms with E-state index in [2.05, 4.69) is 0 Å². The second-order valence-corrected chi connectivity index (χ2v) is 11.8. The predicted molar refractivity (Wildman–Crippen MR) is 145 cm³/mol. The zero-order valence-corrected chi connectivity index (χ0v) is 24.4. The largest absolute Gasteiger partial charge is 0.505 e. The van der Waals surface area contributed by atoms with Gasteiger partial charge in [-0.3, -0.25) is 0 Å². The van der Waals surface area contributed by atoms with Crippen LogP contribution in [0.25, 0.3) is 0 Å². The summed E-state index contributed by atoms with van der Waals surface area (Å²) in [6.45, 7) is 5.66. The van der Waals surface area contributed by atoms with Gasteiger partial charge in [-0.2, -0.15) is 43.9 Å². The van der Waals surface area contributed by atoms with Crippen molar-refractivity contribution in [1.82, 2.24) is 0 Å². The maximum Gasteiger partial charge on any atom is 0.426 e. The Morgan fingerprint density at radius 3 is 1.11 bits per heavy atom. The minimum Gasteiger partial charge on any atom is -0.505 e. The Morgan fingerprint density at radius 2 is 0.826 bits per heavy atom. The Kier molecular flexibility index (Phi) is 9.02. The minimum atomic E-state index is -5.99. The molecule has 16 heteroatoms. The van der Waals surface area contributed by atoms with E-state index in [9.17, 15) is 62.9 Å². The van der Waals surface area contributed by atoms with Gasteiger partial charge >= 0.3 is 24.2 Å². The molecule has 4 nitrogen and oxygen atoms in total. The molecule has 0 amide bonds. The Hall–Kier alpha value is -3.98. The smallest absolute Gasteiger partial charge is 0.426 e. The fourth-order valence-electron chi connectivity index (χ4n) is 4.86. The van der Waals surface area contributed by atoms with Crippen LogP contribution in [0.3, 0.4) is 0 Å². The molecule has 0 spiro atoms. The molecule has 3 rings (SSSR count). The summed E-state index contributed by atoms with van der Waals surface area (Å²) < 4.78 is 164. The molecule has 0 heterocycles. The lowest BCUT2D eigenvalue weighted by Gasteiger charge is -2.33. The molecule has 2 unspecified atom stereocenters. The van der Waals surface area contributed by atoms with Gasteiger partial charge in [0.25, 0.3) is 12.3 Å². The van der Waals surface area contributed by atoms with Crippen LogP contribution in [-0.2, 0) is 22.7 Å². The van der Waals surface area contributed by atoms with Crippen LogP contribution in [0, 0.1) is 0 Å². The van der Waals surface area contributed by atoms with Crippen molar-refractivity contribution in [2.24, 2.45) is 0 Å². The molecule has 3 aromatic carbocycles. The second-order valence-electron chi connectivity index (χ2n) is 11.8. The van der Waals surface area contributed by atoms with E-state index in [1.807, 2.05) is 0 Å². The summed E-state index contributed by atoms with van der Waals surface area (Å²) in [5.41, 5.74) is 3.45. The lowest BCUT2D eigenvalue weighted by molar-refractivity contribution is -0.249. The van der Waals surface area contributed by atoms with Crippen molar-refractivity contribution >= 4 is 11.4 Å². The van der Waals surface area contributed by atoms with Gasteiger partial charge in [-0.05, 0) is 46.5 Å². The average molecular weight is 677 g/mol. The van der Waals surface area contributed by atoms with Crippen LogP contribution in [0.4, 0.5) is 64.1 Å². The maximum atomic E-state index is 14.7. The van der Waals surface area contributed by atoms with Crippen molar-refractivity contribution in [2.75, 3.05) is 11.5 Å². The molecule has 0 aliphatic carbocycles. The number of aromatic hydroxyl groups is 2. The van der Waals surface area contributed by atoms with E-state index in [0.29, 0.717) is 12.1 Å². The molecule has 0 aliphatic rings. The van der Waals surface area contributed by atoms with E-state index in [1.165, 1.54) is 52.0 Å². The van der Waals surface area contributed by atoms with Gasteiger partial charge in [0.15, 0.2) is 0 Å². The predicted octanol–water partition coefficient (Wildman–Crippen LogP) is 8.90. The van der Waals surface area contributed by atoms with Gasteiger partial charge in [-0.15, -0.1) is 0 Å². The van der Waals surface area contributed by atoms with Gasteiger partial charge < -0.3 is 21.7 Å². The fourth-order valence-corrected chi connectivity index (χ4v) is 4.86. The number of phenolic OH excluding ortho intramolecular Hbond substituents is 2. The number of phenols is 2. The number of hydrogen-bond donors (Lipinski definition) is 4. The van der Waals surface area contributed by atoms with E-state index in [0.717, 1.165) is 12.1 Å². The number of alkyl halides is 12. The average Bonchev–Trinajstić information content (AvgIpc) is 2.93. The summed E-state index contributed by atoms with van der Waals surface area (Å²) in [5, 5.41) is 20.2. The molecule has 254 valence electrons. The van der Waals surface area contributed by atoms with Gasteiger partial charge in [0.2, 0.25) is 0 Å². The number of halogens is 12. The first kappa shape index (κ1) is 36.5. The summed E-state index contributed by atoms with van der Waals surface area (Å²) in [5.74, 6) is -13.4. The van der Waals surface area contributed by atoms with Crippen molar-refractivity contribution in [1.29, 1.82) is 0 Å². The molecule has 0 bridgehead atoms. The van der Waals surface area contributed by atoms with Crippen LogP contribution < -0.4 is 11.5 Å². The van der Waals surface area contributed by atoms with Crippen LogP contribution in [0.1, 0.15) is 61.1 Å². The first-order chi connectivity index (χ1) is 20.6. The normalized spacial score (nSPS) is 15.1. The van der Waals surface area contributed by atoms with Crippen LogP contribution >= 0.6 is 0 Å². The van der Waals surface area contributed by atoms with Gasteiger partial charge in [-0.25, -0.2) is 8.78 Å². The number of nitrogens with two attached hydrogens (primary N) is 2. The summed E-state index contributed by atoms with van der Waals surface area (Å²) in [4.78, 5) is 0. The van der Waals surface area contributed by atoms with Gasteiger partial charge in [0.05, 0.1) is 22.5 Å². The van der Waals surface area contributed by atoms with Crippen molar-refractivity contribution < 1.29 is 62.9 Å². The van der Waals surface area contributed by atoms with Gasteiger partial charge in [-0.1, -0.05) is 52.0 Å². The lowest BCUT2D eigenvalue weighted by Crippen LogP contribution is -2.40. The zero-order valence-electron chi connectivity index (χ0n) is 24.4. The van der Waals surface area contributed by atoms with E-state index in [4.69, 9.17) is 11.5 Å². The summed E-state index contributed by atoms with van der Waals surface area (Å²) >= 11 is 0. The molecule has 0 radical (unpaired) electrons. The van der Waals surface area contributed by atoms with Crippen molar-refractivity contribution in [3.05, 3.63) is 81.9 Å². The summed E-state index contributed by atoms with van der Waals surface area (Å²) in [6, 6.07) is 8.59. The van der Waals surface area contributed by atoms with Crippen LogP contribution in [0.5, 0.6) is 11.5 Å². The topological polar surface area (TPSA) is 92.5 Å². The highest BCUT2D eigenvalue weighted by Crippen LogP contribution is 2.50. The van der Waals surface area contributed by atoms with E-state index in [1.54, 1.807) is 0 Å². The number of rotatable bonds is 8. The molecule has 2 atom stereocenters. The highest BCUT2D eigenvalue weighted by Gasteiger charge is 2.60. The second kappa shape index (κ2) is 11.4. The van der Waals surface area contributed by atoms with E-state index in [-0.39, 0.29) is 22.3 Å². The highest BCUT2D eigenvalue weighted by molar-refractivity contribution is 5.63. The molecular formula is C30H28F12N2O2. The Bertz CT molecular complexity index is 1500. The fraction of sp³-hybridized carbons (Fsp3) is 0.400. The molecule has 0 saturated heterocycles. The van der Waals surface area contributed by atoms with Crippen LogP contribution in [-0.4, -0.2) is 34.9 Å². The highest BCUT2D eigenvalue weighted by atomic mass is 19.4. The van der Waals surface area contributed by atoms with E-state index >= 15 is 0 Å². The van der Waals surface area contributed by atoms with Crippen molar-refractivity contribution in [2.45, 2.75) is 75.1 Å². The van der Waals surface area contributed by atoms with E-state index < -0.39 is 81.4 Å². The third-order valence-corrected chi connectivity index (χ3v) is 7.96. The van der Waals surface area contributed by atoms with Crippen molar-refractivity contribution in [3.63, 3.8) is 0 Å². The number of anilines is 2. The number of hydrogen-bond acceptors (Lipinski definition) is 4. The van der Waals surface area contributed by atoms with Crippen molar-refractivity contribution in [3.8, 4) is 11.5 Å². The zero-order chi connectivity index (χ0) is 35.6. The molecular weight excluding hydrogens is 648 g/mol. The Balaban J connectivity index is 2.17. The quantitative estimate of drug-likeness (QED) is 0.109. The Labute approximate surface area is 254 Å². The van der Waals surface area contributed by atoms with Crippen LogP contribution in [0.2, 0.25) is 0 Å². The number of nitrogen functional groups attached to an aromatic ring is 2. The molecule has 0 aromatic heterocycles. The molecule has 6 N–H and O–H groups in total. The van der Waals surface area contributed by atoms with Gasteiger partial charge in [0.1, 0.15) is 11.5 Å². The SMILES string of the molecule is CC(C)(c1cccc(C(C)(C)c2cc(N)c(O)c(C(F)(F)C(F)C(F)(F)F)c2)c1)c1cc(N)c(O)c(C(F)(F)C(F)C(F)(F)F)c1. The lowest BCUT2D eigenvalue weighted by atomic mass is 9.72. The Morgan fingerprint density at radius 1 is 0.522 bits per heavy atom.